The molecule has 0 amide bonds. The summed E-state index contributed by atoms with van der Waals surface area (Å²) in [6.07, 6.45) is 2.25. The van der Waals surface area contributed by atoms with Gasteiger partial charge >= 0.3 is 5.97 Å². The molecule has 1 rings (SSSR count). The Morgan fingerprint density at radius 1 is 1.41 bits per heavy atom. The van der Waals surface area contributed by atoms with Gasteiger partial charge in [-0.25, -0.2) is 4.79 Å². The first-order valence-electron chi connectivity index (χ1n) is 5.97. The van der Waals surface area contributed by atoms with Gasteiger partial charge in [0.05, 0.1) is 12.7 Å². The molecule has 0 bridgehead atoms. The van der Waals surface area contributed by atoms with E-state index < -0.39 is 5.97 Å². The number of esters is 1. The lowest BCUT2D eigenvalue weighted by molar-refractivity contribution is -0.140. The minimum atomic E-state index is -0.405. The maximum absolute atomic E-state index is 10.8. The van der Waals surface area contributed by atoms with Crippen molar-refractivity contribution in [2.75, 3.05) is 13.2 Å². The lowest BCUT2D eigenvalue weighted by Crippen LogP contribution is -2.47. The number of carbonyl (C=O) groups excluding carboxylic acids is 1. The minimum Gasteiger partial charge on any atom is -0.460 e. The van der Waals surface area contributed by atoms with E-state index in [4.69, 9.17) is 9.47 Å². The second kappa shape index (κ2) is 5.19. The van der Waals surface area contributed by atoms with E-state index in [2.05, 4.69) is 39.6 Å². The third-order valence-electron chi connectivity index (χ3n) is 2.97. The van der Waals surface area contributed by atoms with Crippen molar-refractivity contribution in [1.82, 2.24) is 5.32 Å². The first-order chi connectivity index (χ1) is 7.77. The molecule has 0 aromatic heterocycles. The molecule has 1 saturated heterocycles. The molecule has 0 aliphatic carbocycles. The van der Waals surface area contributed by atoms with Gasteiger partial charge in [0.1, 0.15) is 6.61 Å². The van der Waals surface area contributed by atoms with Crippen molar-refractivity contribution < 1.29 is 14.3 Å². The van der Waals surface area contributed by atoms with E-state index in [0.29, 0.717) is 6.61 Å². The molecular formula is C13H23NO3. The predicted octanol–water partition coefficient (Wildman–Crippen LogP) is 1.65. The van der Waals surface area contributed by atoms with E-state index in [9.17, 15) is 4.79 Å². The highest BCUT2D eigenvalue weighted by Crippen LogP contribution is 2.32. The molecule has 4 heteroatoms. The summed E-state index contributed by atoms with van der Waals surface area (Å²) in [4.78, 5) is 10.8. The number of carbonyl (C=O) groups is 1. The Kier molecular flexibility index (Phi) is 4.33. The normalized spacial score (nSPS) is 25.5. The Hall–Kier alpha value is -0.870. The van der Waals surface area contributed by atoms with Crippen LogP contribution in [0.1, 0.15) is 34.1 Å². The average molecular weight is 241 g/mol. The summed E-state index contributed by atoms with van der Waals surface area (Å²) >= 11 is 0. The van der Waals surface area contributed by atoms with Gasteiger partial charge in [-0.2, -0.15) is 0 Å². The maximum Gasteiger partial charge on any atom is 0.330 e. The van der Waals surface area contributed by atoms with Crippen LogP contribution in [0.25, 0.3) is 0 Å². The fraction of sp³-hybridized carbons (Fsp3) is 0.769. The molecule has 0 saturated carbocycles. The van der Waals surface area contributed by atoms with Crippen LogP contribution in [0.3, 0.4) is 0 Å². The zero-order chi connectivity index (χ0) is 13.1. The molecule has 1 aliphatic heterocycles. The molecule has 0 aromatic carbocycles. The van der Waals surface area contributed by atoms with Crippen LogP contribution in [-0.4, -0.2) is 36.4 Å². The summed E-state index contributed by atoms with van der Waals surface area (Å²) in [5.41, 5.74) is 0.0396. The van der Waals surface area contributed by atoms with Crippen molar-refractivity contribution in [2.24, 2.45) is 0 Å². The lowest BCUT2D eigenvalue weighted by Gasteiger charge is -2.28. The molecule has 1 aliphatic rings. The van der Waals surface area contributed by atoms with E-state index in [0.717, 1.165) is 12.5 Å². The van der Waals surface area contributed by atoms with E-state index in [1.165, 1.54) is 0 Å². The third-order valence-corrected chi connectivity index (χ3v) is 2.97. The largest absolute Gasteiger partial charge is 0.460 e. The minimum absolute atomic E-state index is 0.0497. The highest BCUT2D eigenvalue weighted by atomic mass is 16.6. The summed E-state index contributed by atoms with van der Waals surface area (Å²) in [5.74, 6) is -0.405. The highest BCUT2D eigenvalue weighted by Gasteiger charge is 2.44. The topological polar surface area (TPSA) is 47.6 Å². The number of hydrogen-bond acceptors (Lipinski definition) is 4. The molecule has 1 heterocycles. The molecule has 0 aromatic rings. The fourth-order valence-electron chi connectivity index (χ4n) is 2.38. The Morgan fingerprint density at radius 2 is 2.06 bits per heavy atom. The SMILES string of the molecule is C=CC(=O)OCCOC1CC(C)(C)NC1(C)C. The van der Waals surface area contributed by atoms with Crippen molar-refractivity contribution in [2.45, 2.75) is 51.3 Å². The Bertz CT molecular complexity index is 297. The molecule has 0 radical (unpaired) electrons. The lowest BCUT2D eigenvalue weighted by atomic mass is 9.97. The third kappa shape index (κ3) is 4.13. The monoisotopic (exact) mass is 241 g/mol. The molecule has 1 unspecified atom stereocenters. The molecular weight excluding hydrogens is 218 g/mol. The standard InChI is InChI=1S/C13H23NO3/c1-6-11(15)17-8-7-16-10-9-12(2,3)14-13(10,4)5/h6,10,14H,1,7-9H2,2-5H3. The number of nitrogens with one attached hydrogen (secondary N) is 1. The van der Waals surface area contributed by atoms with Crippen LogP contribution in [0.2, 0.25) is 0 Å². The van der Waals surface area contributed by atoms with Gasteiger partial charge in [-0.1, -0.05) is 6.58 Å². The summed E-state index contributed by atoms with van der Waals surface area (Å²) in [6, 6.07) is 0. The Balaban J connectivity index is 2.32. The second-order valence-electron chi connectivity index (χ2n) is 5.67. The van der Waals surface area contributed by atoms with E-state index in [-0.39, 0.29) is 23.8 Å². The van der Waals surface area contributed by atoms with Crippen LogP contribution in [0.15, 0.2) is 12.7 Å². The number of rotatable bonds is 5. The average Bonchev–Trinajstić information content (AvgIpc) is 2.41. The summed E-state index contributed by atoms with van der Waals surface area (Å²) < 4.78 is 10.6. The number of ether oxygens (including phenoxy) is 2. The Labute approximate surface area is 103 Å². The van der Waals surface area contributed by atoms with E-state index in [1.807, 2.05) is 0 Å². The predicted molar refractivity (Wildman–Crippen MR) is 66.8 cm³/mol. The van der Waals surface area contributed by atoms with Gasteiger partial charge in [0.2, 0.25) is 0 Å². The van der Waals surface area contributed by atoms with Gasteiger partial charge in [-0.15, -0.1) is 0 Å². The quantitative estimate of drug-likeness (QED) is 0.452. The van der Waals surface area contributed by atoms with Crippen LogP contribution in [0.4, 0.5) is 0 Å². The smallest absolute Gasteiger partial charge is 0.330 e. The van der Waals surface area contributed by atoms with Gasteiger partial charge in [0.15, 0.2) is 0 Å². The fourth-order valence-corrected chi connectivity index (χ4v) is 2.38. The summed E-state index contributed by atoms with van der Waals surface area (Å²) in [7, 11) is 0. The van der Waals surface area contributed by atoms with Crippen LogP contribution in [0, 0.1) is 0 Å². The van der Waals surface area contributed by atoms with Crippen LogP contribution in [0.5, 0.6) is 0 Å². The van der Waals surface area contributed by atoms with E-state index >= 15 is 0 Å². The van der Waals surface area contributed by atoms with Crippen molar-refractivity contribution in [3.8, 4) is 0 Å². The maximum atomic E-state index is 10.8. The van der Waals surface area contributed by atoms with Crippen molar-refractivity contribution >= 4 is 5.97 Å². The van der Waals surface area contributed by atoms with Crippen molar-refractivity contribution in [3.63, 3.8) is 0 Å². The van der Waals surface area contributed by atoms with Crippen LogP contribution >= 0.6 is 0 Å². The highest BCUT2D eigenvalue weighted by molar-refractivity contribution is 5.81. The second-order valence-corrected chi connectivity index (χ2v) is 5.67. The van der Waals surface area contributed by atoms with Gasteiger partial charge in [0, 0.05) is 17.2 Å². The summed E-state index contributed by atoms with van der Waals surface area (Å²) in [5, 5.41) is 3.53. The van der Waals surface area contributed by atoms with Gasteiger partial charge < -0.3 is 14.8 Å². The Morgan fingerprint density at radius 3 is 2.53 bits per heavy atom. The number of hydrogen-bond donors (Lipinski definition) is 1. The molecule has 1 atom stereocenters. The van der Waals surface area contributed by atoms with Gasteiger partial charge in [0.25, 0.3) is 0 Å². The molecule has 1 N–H and O–H groups in total. The van der Waals surface area contributed by atoms with Crippen molar-refractivity contribution in [1.29, 1.82) is 0 Å². The zero-order valence-corrected chi connectivity index (χ0v) is 11.2. The molecule has 17 heavy (non-hydrogen) atoms. The van der Waals surface area contributed by atoms with Crippen LogP contribution in [-0.2, 0) is 14.3 Å². The zero-order valence-electron chi connectivity index (χ0n) is 11.2. The molecule has 1 fully saturated rings. The van der Waals surface area contributed by atoms with Crippen molar-refractivity contribution in [3.05, 3.63) is 12.7 Å². The first kappa shape index (κ1) is 14.2. The first-order valence-corrected chi connectivity index (χ1v) is 5.97. The molecule has 4 nitrogen and oxygen atoms in total. The van der Waals surface area contributed by atoms with Crippen LogP contribution < -0.4 is 5.32 Å². The summed E-state index contributed by atoms with van der Waals surface area (Å²) in [6.45, 7) is 12.6. The van der Waals surface area contributed by atoms with Gasteiger partial charge in [-0.3, -0.25) is 0 Å². The van der Waals surface area contributed by atoms with E-state index in [1.54, 1.807) is 0 Å². The van der Waals surface area contributed by atoms with Gasteiger partial charge in [-0.05, 0) is 34.1 Å². The molecule has 98 valence electrons. The molecule has 0 spiro atoms.